The lowest BCUT2D eigenvalue weighted by atomic mass is 9.97. The van der Waals surface area contributed by atoms with Crippen molar-refractivity contribution in [2.75, 3.05) is 6.54 Å². The van der Waals surface area contributed by atoms with Crippen molar-refractivity contribution in [3.63, 3.8) is 0 Å². The second kappa shape index (κ2) is 7.62. The Bertz CT molecular complexity index is 577. The molecule has 114 valence electrons. The number of halogens is 1. The minimum absolute atomic E-state index is 0.174. The van der Waals surface area contributed by atoms with Gasteiger partial charge >= 0.3 is 0 Å². The number of rotatable bonds is 7. The summed E-state index contributed by atoms with van der Waals surface area (Å²) in [5.41, 5.74) is 3.69. The Kier molecular flexibility index (Phi) is 5.83. The Morgan fingerprint density at radius 3 is 2.76 bits per heavy atom. The molecule has 0 bridgehead atoms. The molecule has 3 nitrogen and oxygen atoms in total. The van der Waals surface area contributed by atoms with Crippen LogP contribution in [0.5, 0.6) is 0 Å². The monoisotopic (exact) mass is 305 g/mol. The Balaban J connectivity index is 2.32. The van der Waals surface area contributed by atoms with E-state index in [4.69, 9.17) is 11.6 Å². The van der Waals surface area contributed by atoms with E-state index in [0.29, 0.717) is 0 Å². The highest BCUT2D eigenvalue weighted by atomic mass is 35.5. The average Bonchev–Trinajstić information content (AvgIpc) is 2.90. The maximum absolute atomic E-state index is 6.08. The molecule has 2 rings (SSSR count). The van der Waals surface area contributed by atoms with Crippen molar-refractivity contribution in [2.45, 2.75) is 46.2 Å². The molecule has 1 unspecified atom stereocenters. The van der Waals surface area contributed by atoms with E-state index in [-0.39, 0.29) is 6.04 Å². The predicted octanol–water partition coefficient (Wildman–Crippen LogP) is 4.34. The molecule has 1 aromatic carbocycles. The molecule has 0 radical (unpaired) electrons. The van der Waals surface area contributed by atoms with Crippen molar-refractivity contribution in [2.24, 2.45) is 0 Å². The molecule has 0 spiro atoms. The molecule has 0 fully saturated rings. The zero-order chi connectivity index (χ0) is 15.2. The number of hydrogen-bond donors (Lipinski definition) is 1. The minimum Gasteiger partial charge on any atom is -0.306 e. The van der Waals surface area contributed by atoms with Crippen molar-refractivity contribution < 1.29 is 0 Å². The topological polar surface area (TPSA) is 29.9 Å². The highest BCUT2D eigenvalue weighted by molar-refractivity contribution is 6.30. The van der Waals surface area contributed by atoms with E-state index in [1.165, 1.54) is 16.7 Å². The van der Waals surface area contributed by atoms with Gasteiger partial charge in [0.1, 0.15) is 0 Å². The molecule has 1 aromatic heterocycles. The molecular weight excluding hydrogens is 282 g/mol. The molecule has 0 saturated carbocycles. The largest absolute Gasteiger partial charge is 0.306 e. The molecule has 0 saturated heterocycles. The molecular formula is C17H24ClN3. The van der Waals surface area contributed by atoms with Crippen LogP contribution >= 0.6 is 11.6 Å². The summed E-state index contributed by atoms with van der Waals surface area (Å²) in [6.45, 7) is 8.39. The number of nitrogens with zero attached hydrogens (tertiary/aromatic N) is 2. The van der Waals surface area contributed by atoms with Crippen LogP contribution in [0.15, 0.2) is 30.6 Å². The Hall–Kier alpha value is -1.32. The van der Waals surface area contributed by atoms with Gasteiger partial charge in [0.05, 0.1) is 12.2 Å². The Labute approximate surface area is 132 Å². The number of hydrogen-bond acceptors (Lipinski definition) is 2. The zero-order valence-electron chi connectivity index (χ0n) is 13.1. The Morgan fingerprint density at radius 1 is 1.29 bits per heavy atom. The van der Waals surface area contributed by atoms with Gasteiger partial charge in [0.25, 0.3) is 0 Å². The summed E-state index contributed by atoms with van der Waals surface area (Å²) < 4.78 is 2.02. The first kappa shape index (κ1) is 16.1. The van der Waals surface area contributed by atoms with Gasteiger partial charge in [0.2, 0.25) is 0 Å². The molecule has 0 amide bonds. The second-order valence-electron chi connectivity index (χ2n) is 5.42. The first-order valence-electron chi connectivity index (χ1n) is 7.67. The molecule has 4 heteroatoms. The smallest absolute Gasteiger partial charge is 0.0610 e. The fraction of sp³-hybridized carbons (Fsp3) is 0.471. The summed E-state index contributed by atoms with van der Waals surface area (Å²) in [7, 11) is 0. The van der Waals surface area contributed by atoms with Crippen LogP contribution in [0.2, 0.25) is 5.02 Å². The maximum Gasteiger partial charge on any atom is 0.0610 e. The lowest BCUT2D eigenvalue weighted by Gasteiger charge is -2.20. The van der Waals surface area contributed by atoms with E-state index in [1.807, 2.05) is 23.0 Å². The van der Waals surface area contributed by atoms with Crippen LogP contribution in [0.4, 0.5) is 0 Å². The predicted molar refractivity (Wildman–Crippen MR) is 88.8 cm³/mol. The van der Waals surface area contributed by atoms with Gasteiger partial charge in [-0.05, 0) is 49.6 Å². The van der Waals surface area contributed by atoms with Crippen molar-refractivity contribution in [3.8, 4) is 0 Å². The average molecular weight is 306 g/mol. The molecule has 21 heavy (non-hydrogen) atoms. The fourth-order valence-electron chi connectivity index (χ4n) is 2.54. The molecule has 0 aliphatic heterocycles. The summed E-state index contributed by atoms with van der Waals surface area (Å²) in [6.07, 6.45) is 6.31. The van der Waals surface area contributed by atoms with E-state index >= 15 is 0 Å². The van der Waals surface area contributed by atoms with E-state index in [2.05, 4.69) is 43.4 Å². The lowest BCUT2D eigenvalue weighted by molar-refractivity contribution is 0.587. The van der Waals surface area contributed by atoms with E-state index < -0.39 is 0 Å². The van der Waals surface area contributed by atoms with E-state index in [1.54, 1.807) is 0 Å². The summed E-state index contributed by atoms with van der Waals surface area (Å²) in [5, 5.41) is 8.86. The SMILES string of the molecule is CCCNC(c1cnn(CCC)c1)c1ccc(Cl)cc1C. The van der Waals surface area contributed by atoms with Gasteiger partial charge in [-0.25, -0.2) is 0 Å². The quantitative estimate of drug-likeness (QED) is 0.824. The molecule has 0 aliphatic carbocycles. The van der Waals surface area contributed by atoms with Crippen molar-refractivity contribution in [1.82, 2.24) is 15.1 Å². The van der Waals surface area contributed by atoms with Crippen LogP contribution in [0.1, 0.15) is 49.4 Å². The van der Waals surface area contributed by atoms with E-state index in [9.17, 15) is 0 Å². The molecule has 2 aromatic rings. The number of benzene rings is 1. The van der Waals surface area contributed by atoms with Gasteiger partial charge in [0, 0.05) is 23.3 Å². The summed E-state index contributed by atoms with van der Waals surface area (Å²) >= 11 is 6.08. The van der Waals surface area contributed by atoms with Gasteiger partial charge in [-0.2, -0.15) is 5.10 Å². The van der Waals surface area contributed by atoms with Crippen molar-refractivity contribution >= 4 is 11.6 Å². The number of nitrogens with one attached hydrogen (secondary N) is 1. The standard InChI is InChI=1S/C17H24ClN3/c1-4-8-19-17(14-11-20-21(12-14)9-5-2)16-7-6-15(18)10-13(16)3/h6-7,10-12,17,19H,4-5,8-9H2,1-3H3. The summed E-state index contributed by atoms with van der Waals surface area (Å²) in [6, 6.07) is 6.27. The normalized spacial score (nSPS) is 12.6. The minimum atomic E-state index is 0.174. The van der Waals surface area contributed by atoms with Crippen molar-refractivity contribution in [3.05, 3.63) is 52.3 Å². The molecule has 0 aliphatic rings. The lowest BCUT2D eigenvalue weighted by Crippen LogP contribution is -2.23. The van der Waals surface area contributed by atoms with Crippen LogP contribution in [-0.2, 0) is 6.54 Å². The van der Waals surface area contributed by atoms with Gasteiger partial charge in [0.15, 0.2) is 0 Å². The van der Waals surface area contributed by atoms with Crippen LogP contribution in [0, 0.1) is 6.92 Å². The van der Waals surface area contributed by atoms with Crippen molar-refractivity contribution in [1.29, 1.82) is 0 Å². The molecule has 1 N–H and O–H groups in total. The third-order valence-electron chi connectivity index (χ3n) is 3.58. The maximum atomic E-state index is 6.08. The second-order valence-corrected chi connectivity index (χ2v) is 5.86. The molecule has 1 heterocycles. The van der Waals surface area contributed by atoms with Crippen LogP contribution in [-0.4, -0.2) is 16.3 Å². The van der Waals surface area contributed by atoms with Gasteiger partial charge < -0.3 is 5.32 Å². The highest BCUT2D eigenvalue weighted by Gasteiger charge is 2.17. The van der Waals surface area contributed by atoms with Gasteiger partial charge in [-0.1, -0.05) is 31.5 Å². The van der Waals surface area contributed by atoms with Gasteiger partial charge in [-0.15, -0.1) is 0 Å². The fourth-order valence-corrected chi connectivity index (χ4v) is 2.77. The van der Waals surface area contributed by atoms with Crippen LogP contribution < -0.4 is 5.32 Å². The summed E-state index contributed by atoms with van der Waals surface area (Å²) in [5.74, 6) is 0. The molecule has 1 atom stereocenters. The first-order chi connectivity index (χ1) is 10.2. The number of aromatic nitrogens is 2. The first-order valence-corrected chi connectivity index (χ1v) is 8.05. The van der Waals surface area contributed by atoms with Gasteiger partial charge in [-0.3, -0.25) is 4.68 Å². The third-order valence-corrected chi connectivity index (χ3v) is 3.82. The number of aryl methyl sites for hydroxylation is 2. The van der Waals surface area contributed by atoms with E-state index in [0.717, 1.165) is 31.0 Å². The van der Waals surface area contributed by atoms with Crippen LogP contribution in [0.3, 0.4) is 0 Å². The van der Waals surface area contributed by atoms with Crippen LogP contribution in [0.25, 0.3) is 0 Å². The zero-order valence-corrected chi connectivity index (χ0v) is 13.8. The third kappa shape index (κ3) is 4.08. The summed E-state index contributed by atoms with van der Waals surface area (Å²) in [4.78, 5) is 0. The Morgan fingerprint density at radius 2 is 2.10 bits per heavy atom. The highest BCUT2D eigenvalue weighted by Crippen LogP contribution is 2.26.